The minimum Gasteiger partial charge on any atom is -0.462 e. The van der Waals surface area contributed by atoms with Gasteiger partial charge in [0, 0.05) is 24.2 Å². The minimum atomic E-state index is -4.05. The summed E-state index contributed by atoms with van der Waals surface area (Å²) >= 11 is 0. The van der Waals surface area contributed by atoms with Crippen LogP contribution in [0.3, 0.4) is 0 Å². The Bertz CT molecular complexity index is 795. The van der Waals surface area contributed by atoms with Gasteiger partial charge in [-0.25, -0.2) is 17.9 Å². The van der Waals surface area contributed by atoms with Gasteiger partial charge in [-0.15, -0.1) is 12.4 Å². The molecule has 1 saturated carbocycles. The van der Waals surface area contributed by atoms with Crippen molar-refractivity contribution >= 4 is 34.1 Å². The number of rotatable bonds is 8. The van der Waals surface area contributed by atoms with E-state index in [1.54, 1.807) is 6.92 Å². The third kappa shape index (κ3) is 5.13. The third-order valence-electron chi connectivity index (χ3n) is 4.09. The predicted molar refractivity (Wildman–Crippen MR) is 96.9 cm³/mol. The van der Waals surface area contributed by atoms with Crippen LogP contribution in [0.4, 0.5) is 5.69 Å². The molecule has 0 saturated heterocycles. The Balaban J connectivity index is 0.00000338. The summed E-state index contributed by atoms with van der Waals surface area (Å²) in [5.41, 5.74) is 5.32. The Kier molecular flexibility index (Phi) is 7.51. The molecule has 146 valence electrons. The number of nitro benzene ring substituents is 1. The maximum absolute atomic E-state index is 12.5. The average Bonchev–Trinajstić information content (AvgIpc) is 3.37. The van der Waals surface area contributed by atoms with Crippen LogP contribution in [0.15, 0.2) is 17.0 Å². The highest BCUT2D eigenvalue weighted by Gasteiger charge is 2.30. The van der Waals surface area contributed by atoms with Crippen LogP contribution in [0.1, 0.15) is 35.7 Å². The number of nitro groups is 1. The molecular weight excluding hydrogens is 386 g/mol. The Morgan fingerprint density at radius 2 is 2.08 bits per heavy atom. The van der Waals surface area contributed by atoms with E-state index < -0.39 is 26.6 Å². The van der Waals surface area contributed by atoms with Crippen molar-refractivity contribution in [1.82, 2.24) is 4.72 Å². The first-order chi connectivity index (χ1) is 11.7. The summed E-state index contributed by atoms with van der Waals surface area (Å²) in [5, 5.41) is 11.2. The molecule has 2 rings (SSSR count). The standard InChI is InChI=1S/C15H21N3O6S.ClH/c1-3-24-15(19)12-6-11(7-14(9(12)2)18(20)21)25(22,23)17-8-13(16)10-4-5-10;/h6-7,10,13,17H,3-5,8,16H2,1-2H3;1H. The first-order valence-electron chi connectivity index (χ1n) is 7.88. The van der Waals surface area contributed by atoms with Crippen LogP contribution in [0.25, 0.3) is 0 Å². The quantitative estimate of drug-likeness (QED) is 0.378. The van der Waals surface area contributed by atoms with Gasteiger partial charge in [-0.3, -0.25) is 10.1 Å². The van der Waals surface area contributed by atoms with Crippen LogP contribution in [-0.2, 0) is 14.8 Å². The van der Waals surface area contributed by atoms with E-state index >= 15 is 0 Å². The van der Waals surface area contributed by atoms with Crippen LogP contribution in [0, 0.1) is 23.0 Å². The molecule has 1 fully saturated rings. The van der Waals surface area contributed by atoms with E-state index in [9.17, 15) is 23.3 Å². The largest absolute Gasteiger partial charge is 0.462 e. The molecule has 0 aliphatic heterocycles. The third-order valence-corrected chi connectivity index (χ3v) is 5.50. The number of sulfonamides is 1. The van der Waals surface area contributed by atoms with E-state index in [0.717, 1.165) is 25.0 Å². The lowest BCUT2D eigenvalue weighted by Crippen LogP contribution is -2.38. The first-order valence-corrected chi connectivity index (χ1v) is 9.37. The zero-order chi connectivity index (χ0) is 18.8. The van der Waals surface area contributed by atoms with Crippen molar-refractivity contribution < 1.29 is 22.9 Å². The predicted octanol–water partition coefficient (Wildman–Crippen LogP) is 1.52. The molecule has 1 atom stereocenters. The molecule has 26 heavy (non-hydrogen) atoms. The lowest BCUT2D eigenvalue weighted by atomic mass is 10.1. The fourth-order valence-corrected chi connectivity index (χ4v) is 3.54. The van der Waals surface area contributed by atoms with E-state index in [0.29, 0.717) is 5.92 Å². The van der Waals surface area contributed by atoms with Gasteiger partial charge < -0.3 is 10.5 Å². The van der Waals surface area contributed by atoms with Crippen LogP contribution in [-0.4, -0.2) is 38.5 Å². The molecule has 11 heteroatoms. The number of nitrogens with two attached hydrogens (primary N) is 1. The number of esters is 1. The lowest BCUT2D eigenvalue weighted by molar-refractivity contribution is -0.385. The molecule has 0 heterocycles. The van der Waals surface area contributed by atoms with E-state index in [-0.39, 0.29) is 47.6 Å². The van der Waals surface area contributed by atoms with E-state index in [2.05, 4.69) is 4.72 Å². The van der Waals surface area contributed by atoms with Gasteiger partial charge in [0.25, 0.3) is 5.69 Å². The minimum absolute atomic E-state index is 0. The smallest absolute Gasteiger partial charge is 0.338 e. The highest BCUT2D eigenvalue weighted by atomic mass is 35.5. The molecule has 1 aromatic carbocycles. The molecule has 0 spiro atoms. The van der Waals surface area contributed by atoms with Crippen LogP contribution >= 0.6 is 12.4 Å². The molecule has 0 bridgehead atoms. The van der Waals surface area contributed by atoms with Gasteiger partial charge in [0.15, 0.2) is 0 Å². The number of nitrogens with zero attached hydrogens (tertiary/aromatic N) is 1. The maximum atomic E-state index is 12.5. The van der Waals surface area contributed by atoms with Gasteiger partial charge >= 0.3 is 5.97 Å². The van der Waals surface area contributed by atoms with Crippen LogP contribution in [0.5, 0.6) is 0 Å². The van der Waals surface area contributed by atoms with E-state index in [1.807, 2.05) is 0 Å². The van der Waals surface area contributed by atoms with Crippen molar-refractivity contribution in [2.75, 3.05) is 13.2 Å². The molecule has 3 N–H and O–H groups in total. The molecule has 9 nitrogen and oxygen atoms in total. The molecular formula is C15H22ClN3O6S. The number of carbonyl (C=O) groups excluding carboxylic acids is 1. The number of hydrogen-bond donors (Lipinski definition) is 2. The van der Waals surface area contributed by atoms with Crippen LogP contribution < -0.4 is 10.5 Å². The van der Waals surface area contributed by atoms with Crippen molar-refractivity contribution in [1.29, 1.82) is 0 Å². The van der Waals surface area contributed by atoms with Crippen molar-refractivity contribution in [2.24, 2.45) is 11.7 Å². The zero-order valence-corrected chi connectivity index (χ0v) is 16.1. The summed E-state index contributed by atoms with van der Waals surface area (Å²) < 4.78 is 32.1. The van der Waals surface area contributed by atoms with E-state index in [1.165, 1.54) is 6.92 Å². The highest BCUT2D eigenvalue weighted by Crippen LogP contribution is 2.31. The Morgan fingerprint density at radius 3 is 2.58 bits per heavy atom. The monoisotopic (exact) mass is 407 g/mol. The molecule has 0 aromatic heterocycles. The second kappa shape index (κ2) is 8.76. The van der Waals surface area contributed by atoms with E-state index in [4.69, 9.17) is 10.5 Å². The summed E-state index contributed by atoms with van der Waals surface area (Å²) in [5.74, 6) is -0.514. The van der Waals surface area contributed by atoms with Gasteiger partial charge in [0.2, 0.25) is 10.0 Å². The number of benzene rings is 1. The molecule has 1 aromatic rings. The number of ether oxygens (including phenoxy) is 1. The average molecular weight is 408 g/mol. The summed E-state index contributed by atoms with van der Waals surface area (Å²) in [4.78, 5) is 22.1. The highest BCUT2D eigenvalue weighted by molar-refractivity contribution is 7.89. The molecule has 1 aliphatic rings. The van der Waals surface area contributed by atoms with Crippen LogP contribution in [0.2, 0.25) is 0 Å². The molecule has 1 aliphatic carbocycles. The maximum Gasteiger partial charge on any atom is 0.338 e. The second-order valence-corrected chi connectivity index (χ2v) is 7.71. The second-order valence-electron chi connectivity index (χ2n) is 5.95. The number of hydrogen-bond acceptors (Lipinski definition) is 7. The van der Waals surface area contributed by atoms with Gasteiger partial charge in [-0.1, -0.05) is 0 Å². The Labute approximate surface area is 157 Å². The fourth-order valence-electron chi connectivity index (χ4n) is 2.42. The number of halogens is 1. The topological polar surface area (TPSA) is 142 Å². The summed E-state index contributed by atoms with van der Waals surface area (Å²) in [6, 6.07) is 1.72. The molecule has 0 amide bonds. The molecule has 1 unspecified atom stereocenters. The van der Waals surface area contributed by atoms with Gasteiger partial charge in [-0.05, 0) is 38.7 Å². The van der Waals surface area contributed by atoms with Gasteiger partial charge in [0.05, 0.1) is 22.0 Å². The van der Waals surface area contributed by atoms with Crippen molar-refractivity contribution in [3.05, 3.63) is 33.4 Å². The normalized spacial score (nSPS) is 15.0. The Morgan fingerprint density at radius 1 is 1.46 bits per heavy atom. The SMILES string of the molecule is CCOC(=O)c1cc(S(=O)(=O)NCC(N)C2CC2)cc([N+](=O)[O-])c1C.Cl. The summed E-state index contributed by atoms with van der Waals surface area (Å²) in [6.07, 6.45) is 1.93. The van der Waals surface area contributed by atoms with Crippen molar-refractivity contribution in [2.45, 2.75) is 37.6 Å². The number of carbonyl (C=O) groups is 1. The zero-order valence-electron chi connectivity index (χ0n) is 14.4. The fraction of sp³-hybridized carbons (Fsp3) is 0.533. The lowest BCUT2D eigenvalue weighted by Gasteiger charge is -2.13. The van der Waals surface area contributed by atoms with Crippen molar-refractivity contribution in [3.8, 4) is 0 Å². The summed E-state index contributed by atoms with van der Waals surface area (Å²) in [7, 11) is -4.05. The van der Waals surface area contributed by atoms with Gasteiger partial charge in [0.1, 0.15) is 0 Å². The number of nitrogens with one attached hydrogen (secondary N) is 1. The summed E-state index contributed by atoms with van der Waals surface area (Å²) in [6.45, 7) is 3.06. The Hall–Kier alpha value is -1.75. The van der Waals surface area contributed by atoms with Gasteiger partial charge in [-0.2, -0.15) is 0 Å². The molecule has 0 radical (unpaired) electrons. The first kappa shape index (κ1) is 22.3. The van der Waals surface area contributed by atoms with Crippen molar-refractivity contribution in [3.63, 3.8) is 0 Å².